The molecule has 0 radical (unpaired) electrons. The largest absolute Gasteiger partial charge is 0.497 e. The molecule has 0 saturated heterocycles. The lowest BCUT2D eigenvalue weighted by molar-refractivity contribution is -0.122. The Morgan fingerprint density at radius 1 is 1.00 bits per heavy atom. The number of para-hydroxylation sites is 1. The van der Waals surface area contributed by atoms with Crippen LogP contribution in [0.5, 0.6) is 17.2 Å². The van der Waals surface area contributed by atoms with Gasteiger partial charge in [-0.3, -0.25) is 9.59 Å². The van der Waals surface area contributed by atoms with Crippen LogP contribution in [0.25, 0.3) is 0 Å². The van der Waals surface area contributed by atoms with Crippen molar-refractivity contribution in [1.29, 1.82) is 0 Å². The zero-order valence-corrected chi connectivity index (χ0v) is 17.7. The van der Waals surface area contributed by atoms with Crippen LogP contribution in [-0.4, -0.2) is 38.2 Å². The van der Waals surface area contributed by atoms with Crippen LogP contribution in [0, 0.1) is 0 Å². The van der Waals surface area contributed by atoms with Gasteiger partial charge in [-0.1, -0.05) is 30.3 Å². The van der Waals surface area contributed by atoms with Crippen molar-refractivity contribution in [2.75, 3.05) is 25.6 Å². The standard InChI is InChI=1S/C25H24N2O5/c1-30-20-9-5-10-21(16-20)31-13-12-26-24(28)18-7-4-8-19(14-18)27-25(29)23-15-17-6-2-3-11-22(17)32-23/h2-11,14,16,23H,12-13,15H2,1H3,(H,26,28)(H,27,29). The highest BCUT2D eigenvalue weighted by atomic mass is 16.5. The molecule has 32 heavy (non-hydrogen) atoms. The van der Waals surface area contributed by atoms with Crippen LogP contribution in [0.4, 0.5) is 5.69 Å². The van der Waals surface area contributed by atoms with Crippen molar-refractivity contribution in [2.45, 2.75) is 12.5 Å². The summed E-state index contributed by atoms with van der Waals surface area (Å²) in [6, 6.07) is 21.7. The molecule has 3 aromatic rings. The maximum absolute atomic E-state index is 12.6. The van der Waals surface area contributed by atoms with Crippen molar-refractivity contribution in [3.05, 3.63) is 83.9 Å². The Balaban J connectivity index is 1.27. The second-order valence-electron chi connectivity index (χ2n) is 7.27. The highest BCUT2D eigenvalue weighted by Crippen LogP contribution is 2.28. The number of hydrogen-bond donors (Lipinski definition) is 2. The monoisotopic (exact) mass is 432 g/mol. The molecule has 7 heteroatoms. The summed E-state index contributed by atoms with van der Waals surface area (Å²) in [7, 11) is 1.59. The van der Waals surface area contributed by atoms with Gasteiger partial charge in [0.2, 0.25) is 0 Å². The maximum atomic E-state index is 12.6. The first-order valence-corrected chi connectivity index (χ1v) is 10.3. The molecule has 1 atom stereocenters. The fourth-order valence-electron chi connectivity index (χ4n) is 3.42. The van der Waals surface area contributed by atoms with Gasteiger partial charge in [0.1, 0.15) is 23.9 Å². The first-order chi connectivity index (χ1) is 15.6. The van der Waals surface area contributed by atoms with Crippen LogP contribution in [-0.2, 0) is 11.2 Å². The summed E-state index contributed by atoms with van der Waals surface area (Å²) in [6.45, 7) is 0.649. The molecule has 0 aromatic heterocycles. The Labute approximate surface area is 186 Å². The predicted octanol–water partition coefficient (Wildman–Crippen LogP) is 3.45. The molecule has 2 amide bonds. The van der Waals surface area contributed by atoms with Gasteiger partial charge >= 0.3 is 0 Å². The average Bonchev–Trinajstić information content (AvgIpc) is 3.27. The Morgan fingerprint density at radius 3 is 2.66 bits per heavy atom. The van der Waals surface area contributed by atoms with E-state index in [1.807, 2.05) is 42.5 Å². The number of benzene rings is 3. The molecule has 0 fully saturated rings. The first-order valence-electron chi connectivity index (χ1n) is 10.3. The van der Waals surface area contributed by atoms with Gasteiger partial charge in [-0.25, -0.2) is 0 Å². The van der Waals surface area contributed by atoms with Gasteiger partial charge in [-0.05, 0) is 42.0 Å². The Morgan fingerprint density at radius 2 is 1.81 bits per heavy atom. The Bertz CT molecular complexity index is 1090. The third-order valence-corrected chi connectivity index (χ3v) is 5.03. The number of carbonyl (C=O) groups excluding carboxylic acids is 2. The lowest BCUT2D eigenvalue weighted by atomic mass is 10.1. The summed E-state index contributed by atoms with van der Waals surface area (Å²) >= 11 is 0. The number of ether oxygens (including phenoxy) is 3. The summed E-state index contributed by atoms with van der Waals surface area (Å²) in [5.41, 5.74) is 1.99. The van der Waals surface area contributed by atoms with Crippen molar-refractivity contribution in [3.8, 4) is 17.2 Å². The fraction of sp³-hybridized carbons (Fsp3) is 0.200. The van der Waals surface area contributed by atoms with Gasteiger partial charge in [0.25, 0.3) is 11.8 Å². The summed E-state index contributed by atoms with van der Waals surface area (Å²) < 4.78 is 16.5. The molecule has 4 rings (SSSR count). The molecular weight excluding hydrogens is 408 g/mol. The quantitative estimate of drug-likeness (QED) is 0.533. The van der Waals surface area contributed by atoms with Crippen LogP contribution >= 0.6 is 0 Å². The number of carbonyl (C=O) groups is 2. The summed E-state index contributed by atoms with van der Waals surface area (Å²) in [4.78, 5) is 25.1. The third kappa shape index (κ3) is 5.18. The van der Waals surface area contributed by atoms with E-state index in [-0.39, 0.29) is 11.8 Å². The maximum Gasteiger partial charge on any atom is 0.265 e. The lowest BCUT2D eigenvalue weighted by Gasteiger charge is -2.12. The molecule has 1 unspecified atom stereocenters. The third-order valence-electron chi connectivity index (χ3n) is 5.03. The molecule has 1 aliphatic rings. The summed E-state index contributed by atoms with van der Waals surface area (Å²) in [5, 5.41) is 5.65. The molecule has 0 bridgehead atoms. The zero-order chi connectivity index (χ0) is 22.3. The predicted molar refractivity (Wildman–Crippen MR) is 120 cm³/mol. The number of methoxy groups -OCH3 is 1. The van der Waals surface area contributed by atoms with Gasteiger partial charge in [0.15, 0.2) is 6.10 Å². The second kappa shape index (κ2) is 9.87. The molecule has 1 aliphatic heterocycles. The normalized spacial score (nSPS) is 14.1. The van der Waals surface area contributed by atoms with E-state index in [0.717, 1.165) is 11.3 Å². The van der Waals surface area contributed by atoms with Crippen LogP contribution in [0.1, 0.15) is 15.9 Å². The fourth-order valence-corrected chi connectivity index (χ4v) is 3.42. The van der Waals surface area contributed by atoms with Crippen molar-refractivity contribution < 1.29 is 23.8 Å². The molecule has 2 N–H and O–H groups in total. The van der Waals surface area contributed by atoms with Gasteiger partial charge in [0, 0.05) is 23.7 Å². The molecule has 0 saturated carbocycles. The number of hydrogen-bond acceptors (Lipinski definition) is 5. The van der Waals surface area contributed by atoms with Gasteiger partial charge in [-0.2, -0.15) is 0 Å². The van der Waals surface area contributed by atoms with Crippen molar-refractivity contribution >= 4 is 17.5 Å². The first kappa shape index (κ1) is 21.2. The number of nitrogens with one attached hydrogen (secondary N) is 2. The van der Waals surface area contributed by atoms with Crippen molar-refractivity contribution in [1.82, 2.24) is 5.32 Å². The van der Waals surface area contributed by atoms with E-state index in [2.05, 4.69) is 10.6 Å². The van der Waals surface area contributed by atoms with E-state index in [9.17, 15) is 9.59 Å². The van der Waals surface area contributed by atoms with E-state index < -0.39 is 6.10 Å². The minimum absolute atomic E-state index is 0.245. The van der Waals surface area contributed by atoms with Crippen molar-refractivity contribution in [3.63, 3.8) is 0 Å². The van der Waals surface area contributed by atoms with Gasteiger partial charge in [0.05, 0.1) is 13.7 Å². The molecule has 0 aliphatic carbocycles. The number of rotatable bonds is 8. The zero-order valence-electron chi connectivity index (χ0n) is 17.7. The minimum Gasteiger partial charge on any atom is -0.497 e. The van der Waals surface area contributed by atoms with E-state index in [1.54, 1.807) is 37.4 Å². The van der Waals surface area contributed by atoms with Gasteiger partial charge in [-0.15, -0.1) is 0 Å². The average molecular weight is 432 g/mol. The summed E-state index contributed by atoms with van der Waals surface area (Å²) in [6.07, 6.45) is -0.0613. The smallest absolute Gasteiger partial charge is 0.265 e. The number of fused-ring (bicyclic) bond motifs is 1. The highest BCUT2D eigenvalue weighted by Gasteiger charge is 2.28. The molecule has 164 valence electrons. The second-order valence-corrected chi connectivity index (χ2v) is 7.27. The lowest BCUT2D eigenvalue weighted by Crippen LogP contribution is -2.31. The molecular formula is C25H24N2O5. The molecule has 0 spiro atoms. The number of anilines is 1. The highest BCUT2D eigenvalue weighted by molar-refractivity contribution is 5.98. The van der Waals surface area contributed by atoms with E-state index in [4.69, 9.17) is 14.2 Å². The SMILES string of the molecule is COc1cccc(OCCNC(=O)c2cccc(NC(=O)C3Cc4ccccc4O3)c2)c1. The Kier molecular flexibility index (Phi) is 6.55. The van der Waals surface area contributed by atoms with E-state index >= 15 is 0 Å². The topological polar surface area (TPSA) is 85.9 Å². The summed E-state index contributed by atoms with van der Waals surface area (Å²) in [5.74, 6) is 1.61. The van der Waals surface area contributed by atoms with E-state index in [1.165, 1.54) is 0 Å². The van der Waals surface area contributed by atoms with Crippen LogP contribution < -0.4 is 24.8 Å². The molecule has 7 nitrogen and oxygen atoms in total. The van der Waals surface area contributed by atoms with Crippen molar-refractivity contribution in [2.24, 2.45) is 0 Å². The van der Waals surface area contributed by atoms with E-state index in [0.29, 0.717) is 42.3 Å². The molecule has 3 aromatic carbocycles. The number of amides is 2. The van der Waals surface area contributed by atoms with Crippen LogP contribution in [0.15, 0.2) is 72.8 Å². The van der Waals surface area contributed by atoms with Crippen LogP contribution in [0.3, 0.4) is 0 Å². The minimum atomic E-state index is -0.585. The molecule has 1 heterocycles. The van der Waals surface area contributed by atoms with Gasteiger partial charge < -0.3 is 24.8 Å². The Hall–Kier alpha value is -4.00. The van der Waals surface area contributed by atoms with Crippen LogP contribution in [0.2, 0.25) is 0 Å².